The molecule has 30 heavy (non-hydrogen) atoms. The normalized spacial score (nSPS) is 12.2. The van der Waals surface area contributed by atoms with Gasteiger partial charge in [-0.1, -0.05) is 30.3 Å². The van der Waals surface area contributed by atoms with Gasteiger partial charge in [-0.05, 0) is 36.6 Å². The van der Waals surface area contributed by atoms with Crippen LogP contribution >= 0.6 is 0 Å². The van der Waals surface area contributed by atoms with Gasteiger partial charge in [0.05, 0.1) is 18.2 Å². The number of fused-ring (bicyclic) bond motifs is 2. The fourth-order valence-electron chi connectivity index (χ4n) is 3.55. The molecule has 7 heteroatoms. The lowest BCUT2D eigenvalue weighted by Gasteiger charge is -2.15. The van der Waals surface area contributed by atoms with E-state index in [-0.39, 0.29) is 12.0 Å². The molecular formula is C23H19NO6. The Morgan fingerprint density at radius 3 is 2.50 bits per heavy atom. The van der Waals surface area contributed by atoms with Gasteiger partial charge < -0.3 is 19.3 Å². The van der Waals surface area contributed by atoms with Crippen molar-refractivity contribution in [1.82, 2.24) is 5.32 Å². The molecule has 0 aliphatic carbocycles. The monoisotopic (exact) mass is 405 g/mol. The minimum Gasteiger partial charge on any atom is -0.479 e. The lowest BCUT2D eigenvalue weighted by molar-refractivity contribution is -0.142. The van der Waals surface area contributed by atoms with Gasteiger partial charge in [0.2, 0.25) is 5.91 Å². The van der Waals surface area contributed by atoms with Crippen LogP contribution in [0.15, 0.2) is 62.4 Å². The zero-order valence-electron chi connectivity index (χ0n) is 16.4. The van der Waals surface area contributed by atoms with Crippen molar-refractivity contribution in [3.05, 3.63) is 81.4 Å². The van der Waals surface area contributed by atoms with Crippen molar-refractivity contribution < 1.29 is 23.5 Å². The quantitative estimate of drug-likeness (QED) is 0.491. The fraction of sp³-hybridized carbons (Fsp3) is 0.174. The summed E-state index contributed by atoms with van der Waals surface area (Å²) in [5.41, 5.74) is 2.55. The third-order valence-corrected chi connectivity index (χ3v) is 5.20. The molecule has 0 saturated carbocycles. The van der Waals surface area contributed by atoms with Crippen LogP contribution in [0.2, 0.25) is 0 Å². The summed E-state index contributed by atoms with van der Waals surface area (Å²) in [6, 6.07) is 10.7. The van der Waals surface area contributed by atoms with Crippen LogP contribution in [0.25, 0.3) is 21.9 Å². The van der Waals surface area contributed by atoms with Crippen LogP contribution in [0.4, 0.5) is 0 Å². The number of amides is 1. The van der Waals surface area contributed by atoms with Crippen LogP contribution in [0.1, 0.15) is 28.3 Å². The summed E-state index contributed by atoms with van der Waals surface area (Å²) < 4.78 is 10.9. The van der Waals surface area contributed by atoms with E-state index in [4.69, 9.17) is 8.83 Å². The number of hydrogen-bond acceptors (Lipinski definition) is 5. The van der Waals surface area contributed by atoms with Crippen molar-refractivity contribution in [3.63, 3.8) is 0 Å². The lowest BCUT2D eigenvalue weighted by atomic mass is 10.0. The molecule has 7 nitrogen and oxygen atoms in total. The average molecular weight is 405 g/mol. The molecule has 4 aromatic rings. The molecule has 152 valence electrons. The zero-order valence-corrected chi connectivity index (χ0v) is 16.4. The van der Waals surface area contributed by atoms with Gasteiger partial charge in [-0.2, -0.15) is 0 Å². The Balaban J connectivity index is 1.68. The molecule has 2 heterocycles. The van der Waals surface area contributed by atoms with Gasteiger partial charge in [0, 0.05) is 16.8 Å². The standard InChI is InChI=1S/C23H19NO6/c1-12-11-29-18-10-19-16(8-15(12)18)13(2)17(23(28)30-19)9-20(25)24-21(22(26)27)14-6-4-3-5-7-14/h3-8,10-11,21H,9H2,1-2H3,(H,24,25)(H,26,27). The van der Waals surface area contributed by atoms with E-state index in [0.29, 0.717) is 27.7 Å². The molecule has 2 aromatic carbocycles. The van der Waals surface area contributed by atoms with E-state index in [1.165, 1.54) is 0 Å². The van der Waals surface area contributed by atoms with E-state index in [0.717, 1.165) is 10.9 Å². The minimum atomic E-state index is -1.21. The number of carboxylic acid groups (broad SMARTS) is 1. The number of furan rings is 1. The third-order valence-electron chi connectivity index (χ3n) is 5.20. The summed E-state index contributed by atoms with van der Waals surface area (Å²) in [5, 5.41) is 13.6. The SMILES string of the molecule is Cc1coc2cc3oc(=O)c(CC(=O)NC(C(=O)O)c4ccccc4)c(C)c3cc12. The molecule has 2 aromatic heterocycles. The van der Waals surface area contributed by atoms with Gasteiger partial charge in [0.25, 0.3) is 0 Å². The molecule has 1 amide bonds. The molecule has 0 saturated heterocycles. The average Bonchev–Trinajstić information content (AvgIpc) is 3.08. The first kappa shape index (κ1) is 19.4. The van der Waals surface area contributed by atoms with Crippen LogP contribution < -0.4 is 10.9 Å². The summed E-state index contributed by atoms with van der Waals surface area (Å²) in [6.45, 7) is 3.66. The number of hydrogen-bond donors (Lipinski definition) is 2. The molecule has 0 radical (unpaired) electrons. The van der Waals surface area contributed by atoms with Crippen molar-refractivity contribution in [3.8, 4) is 0 Å². The molecule has 1 atom stereocenters. The Kier molecular flexibility index (Phi) is 4.87. The number of nitrogens with one attached hydrogen (secondary N) is 1. The van der Waals surface area contributed by atoms with Crippen molar-refractivity contribution in [1.29, 1.82) is 0 Å². The second-order valence-corrected chi connectivity index (χ2v) is 7.18. The molecule has 2 N–H and O–H groups in total. The molecule has 0 aliphatic rings. The molecule has 1 unspecified atom stereocenters. The zero-order chi connectivity index (χ0) is 21.4. The van der Waals surface area contributed by atoms with Crippen molar-refractivity contribution >= 4 is 33.8 Å². The maximum Gasteiger partial charge on any atom is 0.340 e. The Morgan fingerprint density at radius 2 is 1.80 bits per heavy atom. The molecular weight excluding hydrogens is 386 g/mol. The number of carboxylic acids is 1. The van der Waals surface area contributed by atoms with Crippen molar-refractivity contribution in [2.24, 2.45) is 0 Å². The van der Waals surface area contributed by atoms with Crippen molar-refractivity contribution in [2.45, 2.75) is 26.3 Å². The Bertz CT molecular complexity index is 1330. The molecule has 0 fully saturated rings. The predicted molar refractivity (Wildman–Crippen MR) is 110 cm³/mol. The maximum atomic E-state index is 12.6. The molecule has 0 bridgehead atoms. The predicted octanol–water partition coefficient (Wildman–Crippen LogP) is 3.64. The van der Waals surface area contributed by atoms with Crippen LogP contribution in [-0.4, -0.2) is 17.0 Å². The van der Waals surface area contributed by atoms with Gasteiger partial charge in [-0.3, -0.25) is 4.79 Å². The Morgan fingerprint density at radius 1 is 1.07 bits per heavy atom. The second-order valence-electron chi connectivity index (χ2n) is 7.18. The summed E-state index contributed by atoms with van der Waals surface area (Å²) in [4.78, 5) is 36.7. The highest BCUT2D eigenvalue weighted by Crippen LogP contribution is 2.29. The summed E-state index contributed by atoms with van der Waals surface area (Å²) in [6.07, 6.45) is 1.34. The molecule has 0 spiro atoms. The van der Waals surface area contributed by atoms with E-state index in [9.17, 15) is 19.5 Å². The van der Waals surface area contributed by atoms with E-state index in [2.05, 4.69) is 5.32 Å². The number of aryl methyl sites for hydroxylation is 2. The maximum absolute atomic E-state index is 12.6. The number of carbonyl (C=O) groups is 2. The second kappa shape index (κ2) is 7.51. The van der Waals surface area contributed by atoms with E-state index < -0.39 is 23.5 Å². The highest BCUT2D eigenvalue weighted by atomic mass is 16.4. The van der Waals surface area contributed by atoms with Crippen LogP contribution in [-0.2, 0) is 16.0 Å². The third kappa shape index (κ3) is 3.45. The van der Waals surface area contributed by atoms with Crippen LogP contribution in [0.5, 0.6) is 0 Å². The van der Waals surface area contributed by atoms with Crippen molar-refractivity contribution in [2.75, 3.05) is 0 Å². The summed E-state index contributed by atoms with van der Waals surface area (Å²) in [5.74, 6) is -1.77. The fourth-order valence-corrected chi connectivity index (χ4v) is 3.55. The first-order valence-corrected chi connectivity index (χ1v) is 9.36. The first-order valence-electron chi connectivity index (χ1n) is 9.36. The van der Waals surface area contributed by atoms with Crippen LogP contribution in [0.3, 0.4) is 0 Å². The van der Waals surface area contributed by atoms with Crippen LogP contribution in [0, 0.1) is 13.8 Å². The lowest BCUT2D eigenvalue weighted by Crippen LogP contribution is -2.35. The summed E-state index contributed by atoms with van der Waals surface area (Å²) >= 11 is 0. The number of carbonyl (C=O) groups excluding carboxylic acids is 1. The minimum absolute atomic E-state index is 0.192. The Hall–Kier alpha value is -3.87. The Labute approximate surface area is 170 Å². The van der Waals surface area contributed by atoms with E-state index in [1.54, 1.807) is 49.6 Å². The van der Waals surface area contributed by atoms with Gasteiger partial charge >= 0.3 is 11.6 Å². The van der Waals surface area contributed by atoms with Gasteiger partial charge in [-0.25, -0.2) is 9.59 Å². The number of benzene rings is 2. The number of aliphatic carboxylic acids is 1. The van der Waals surface area contributed by atoms with Gasteiger partial charge in [0.15, 0.2) is 6.04 Å². The first-order chi connectivity index (χ1) is 14.3. The highest BCUT2D eigenvalue weighted by molar-refractivity contribution is 5.96. The summed E-state index contributed by atoms with van der Waals surface area (Å²) in [7, 11) is 0. The highest BCUT2D eigenvalue weighted by Gasteiger charge is 2.23. The largest absolute Gasteiger partial charge is 0.479 e. The van der Waals surface area contributed by atoms with E-state index >= 15 is 0 Å². The molecule has 4 rings (SSSR count). The van der Waals surface area contributed by atoms with E-state index in [1.807, 2.05) is 13.0 Å². The van der Waals surface area contributed by atoms with Gasteiger partial charge in [0.1, 0.15) is 11.2 Å². The molecule has 0 aliphatic heterocycles. The number of rotatable bonds is 5. The topological polar surface area (TPSA) is 110 Å². The smallest absolute Gasteiger partial charge is 0.340 e. The van der Waals surface area contributed by atoms with Gasteiger partial charge in [-0.15, -0.1) is 0 Å².